The lowest BCUT2D eigenvalue weighted by Crippen LogP contribution is -2.33. The molecule has 0 bridgehead atoms. The molecule has 0 saturated heterocycles. The van der Waals surface area contributed by atoms with Crippen molar-refractivity contribution in [1.29, 1.82) is 0 Å². The van der Waals surface area contributed by atoms with E-state index in [4.69, 9.17) is 0 Å². The van der Waals surface area contributed by atoms with Gasteiger partial charge in [-0.25, -0.2) is 4.98 Å². The summed E-state index contributed by atoms with van der Waals surface area (Å²) in [5.41, 5.74) is 3.58. The van der Waals surface area contributed by atoms with E-state index in [1.807, 2.05) is 39.2 Å². The number of hydrogen-bond donors (Lipinski definition) is 0. The van der Waals surface area contributed by atoms with Crippen molar-refractivity contribution in [2.24, 2.45) is 11.8 Å². The van der Waals surface area contributed by atoms with Crippen molar-refractivity contribution in [2.45, 2.75) is 86.6 Å². The number of aryl methyl sites for hydroxylation is 2. The number of Topliss-reactive ketones (excluding diaryl/α,β-unsaturated/α-hetero) is 2. The Kier molecular flexibility index (Phi) is 8.57. The molecule has 0 amide bonds. The summed E-state index contributed by atoms with van der Waals surface area (Å²) in [5, 5.41) is 0. The van der Waals surface area contributed by atoms with Crippen molar-refractivity contribution in [3.8, 4) is 0 Å². The molecule has 1 saturated carbocycles. The maximum Gasteiger partial charge on any atom is 0.191 e. The van der Waals surface area contributed by atoms with Crippen molar-refractivity contribution in [3.63, 3.8) is 0 Å². The molecule has 2 aromatic rings. The fourth-order valence-corrected chi connectivity index (χ4v) is 4.19. The highest BCUT2D eigenvalue weighted by molar-refractivity contribution is 6.15. The number of nitrogens with zero attached hydrogens (tertiary/aromatic N) is 2. The lowest BCUT2D eigenvalue weighted by atomic mass is 9.82. The van der Waals surface area contributed by atoms with Crippen LogP contribution in [0.1, 0.15) is 99.4 Å². The van der Waals surface area contributed by atoms with E-state index in [1.54, 1.807) is 6.92 Å². The fraction of sp³-hybridized carbons (Fsp3) is 0.577. The predicted octanol–water partition coefficient (Wildman–Crippen LogP) is 6.28. The molecule has 4 rings (SSSR count). The predicted molar refractivity (Wildman–Crippen MR) is 123 cm³/mol. The number of aromatic nitrogens is 2. The molecule has 1 fully saturated rings. The van der Waals surface area contributed by atoms with Crippen LogP contribution in [-0.2, 0) is 11.3 Å². The van der Waals surface area contributed by atoms with Crippen LogP contribution in [0.25, 0.3) is 0 Å². The van der Waals surface area contributed by atoms with E-state index in [1.165, 1.54) is 31.2 Å². The number of carbonyl (C=O) groups is 2. The Morgan fingerprint density at radius 3 is 2.00 bits per heavy atom. The van der Waals surface area contributed by atoms with Crippen LogP contribution in [0.2, 0.25) is 0 Å². The zero-order chi connectivity index (χ0) is 22.4. The molecule has 0 spiro atoms. The Morgan fingerprint density at radius 2 is 1.50 bits per heavy atom. The van der Waals surface area contributed by atoms with Gasteiger partial charge in [-0.3, -0.25) is 9.59 Å². The van der Waals surface area contributed by atoms with Gasteiger partial charge in [0.15, 0.2) is 11.6 Å². The maximum atomic E-state index is 12.6. The summed E-state index contributed by atoms with van der Waals surface area (Å²) >= 11 is 0. The number of fused-ring (bicyclic) bond motifs is 1. The van der Waals surface area contributed by atoms with Crippen molar-refractivity contribution in [3.05, 3.63) is 52.6 Å². The number of carbonyl (C=O) groups excluding carboxylic acids is 2. The lowest BCUT2D eigenvalue weighted by Gasteiger charge is -2.22. The molecule has 1 heterocycles. The second-order valence-electron chi connectivity index (χ2n) is 8.56. The zero-order valence-electron chi connectivity index (χ0n) is 19.8. The first-order valence-corrected chi connectivity index (χ1v) is 11.5. The van der Waals surface area contributed by atoms with Crippen molar-refractivity contribution in [2.75, 3.05) is 0 Å². The third-order valence-electron chi connectivity index (χ3n) is 6.18. The van der Waals surface area contributed by atoms with Crippen LogP contribution in [0.4, 0.5) is 0 Å². The van der Waals surface area contributed by atoms with Gasteiger partial charge in [0.25, 0.3) is 0 Å². The number of ketones is 2. The molecule has 2 aliphatic rings. The van der Waals surface area contributed by atoms with Gasteiger partial charge < -0.3 is 4.57 Å². The third kappa shape index (κ3) is 5.27. The van der Waals surface area contributed by atoms with Crippen molar-refractivity contribution in [1.82, 2.24) is 9.55 Å². The summed E-state index contributed by atoms with van der Waals surface area (Å²) in [6.45, 7) is 14.4. The lowest BCUT2D eigenvalue weighted by molar-refractivity contribution is -0.122. The highest BCUT2D eigenvalue weighted by Crippen LogP contribution is 2.32. The third-order valence-corrected chi connectivity index (χ3v) is 6.18. The van der Waals surface area contributed by atoms with Crippen LogP contribution in [-0.4, -0.2) is 21.1 Å². The average molecular weight is 411 g/mol. The van der Waals surface area contributed by atoms with Crippen LogP contribution in [0, 0.1) is 25.7 Å². The van der Waals surface area contributed by atoms with E-state index in [9.17, 15) is 9.59 Å². The number of rotatable bonds is 2. The number of benzene rings is 1. The minimum atomic E-state index is -0.574. The van der Waals surface area contributed by atoms with Crippen LogP contribution in [0.3, 0.4) is 0 Å². The van der Waals surface area contributed by atoms with E-state index < -0.39 is 5.92 Å². The molecule has 1 aromatic carbocycles. The monoisotopic (exact) mass is 410 g/mol. The van der Waals surface area contributed by atoms with Crippen LogP contribution in [0.5, 0.6) is 0 Å². The zero-order valence-corrected chi connectivity index (χ0v) is 19.8. The molecular weight excluding hydrogens is 372 g/mol. The fourth-order valence-electron chi connectivity index (χ4n) is 4.19. The van der Waals surface area contributed by atoms with Gasteiger partial charge in [-0.1, -0.05) is 76.3 Å². The first-order chi connectivity index (χ1) is 14.3. The van der Waals surface area contributed by atoms with Gasteiger partial charge in [0.2, 0.25) is 0 Å². The van der Waals surface area contributed by atoms with Gasteiger partial charge >= 0.3 is 0 Å². The summed E-state index contributed by atoms with van der Waals surface area (Å²) in [6, 6.07) is 8.24. The topological polar surface area (TPSA) is 52.0 Å². The van der Waals surface area contributed by atoms with Crippen LogP contribution >= 0.6 is 0 Å². The van der Waals surface area contributed by atoms with Crippen molar-refractivity contribution < 1.29 is 9.59 Å². The average Bonchev–Trinajstić information content (AvgIpc) is 3.35. The van der Waals surface area contributed by atoms with E-state index in [0.29, 0.717) is 17.9 Å². The molecule has 2 unspecified atom stereocenters. The molecule has 2 atom stereocenters. The van der Waals surface area contributed by atoms with Gasteiger partial charge in [0, 0.05) is 6.54 Å². The Bertz CT molecular complexity index is 858. The Morgan fingerprint density at radius 1 is 0.933 bits per heavy atom. The molecule has 0 aliphatic heterocycles. The molecule has 30 heavy (non-hydrogen) atoms. The highest BCUT2D eigenvalue weighted by atomic mass is 16.2. The highest BCUT2D eigenvalue weighted by Gasteiger charge is 2.40. The summed E-state index contributed by atoms with van der Waals surface area (Å²) < 4.78 is 1.95. The minimum absolute atomic E-state index is 0.0301. The van der Waals surface area contributed by atoms with Gasteiger partial charge in [-0.15, -0.1) is 0 Å². The first-order valence-electron chi connectivity index (χ1n) is 11.5. The molecule has 1 aromatic heterocycles. The number of hydrogen-bond acceptors (Lipinski definition) is 3. The molecule has 4 nitrogen and oxygen atoms in total. The molecule has 4 heteroatoms. The molecule has 0 radical (unpaired) electrons. The second-order valence-corrected chi connectivity index (χ2v) is 8.56. The quantitative estimate of drug-likeness (QED) is 0.548. The summed E-state index contributed by atoms with van der Waals surface area (Å²) in [5.74, 6) is 0.817. The molecule has 2 aliphatic carbocycles. The summed E-state index contributed by atoms with van der Waals surface area (Å²) in [4.78, 5) is 29.2. The summed E-state index contributed by atoms with van der Waals surface area (Å²) in [6.07, 6.45) is 5.95. The SMILES string of the molecule is CC.CC1CCCC1.Cc1ccc(Cn2c(C)nc3c2C(=O)C(C)C(=O)C3C)cc1. The van der Waals surface area contributed by atoms with Gasteiger partial charge in [0.05, 0.1) is 17.5 Å². The minimum Gasteiger partial charge on any atom is -0.321 e. The smallest absolute Gasteiger partial charge is 0.191 e. The maximum absolute atomic E-state index is 12.6. The Balaban J connectivity index is 0.000000340. The second kappa shape index (κ2) is 10.7. The van der Waals surface area contributed by atoms with E-state index in [2.05, 4.69) is 36.2 Å². The van der Waals surface area contributed by atoms with Gasteiger partial charge in [-0.05, 0) is 39.2 Å². The van der Waals surface area contributed by atoms with Crippen LogP contribution < -0.4 is 0 Å². The Labute approximate surface area is 182 Å². The van der Waals surface area contributed by atoms with E-state index in [-0.39, 0.29) is 17.5 Å². The molecular formula is C26H38N2O2. The van der Waals surface area contributed by atoms with E-state index >= 15 is 0 Å². The molecule has 0 N–H and O–H groups in total. The first kappa shape index (κ1) is 24.0. The van der Waals surface area contributed by atoms with Crippen molar-refractivity contribution >= 4 is 11.6 Å². The normalized spacial score (nSPS) is 20.8. The molecule has 164 valence electrons. The van der Waals surface area contributed by atoms with Gasteiger partial charge in [-0.2, -0.15) is 0 Å². The van der Waals surface area contributed by atoms with Crippen LogP contribution in [0.15, 0.2) is 24.3 Å². The largest absolute Gasteiger partial charge is 0.321 e. The number of imidazole rings is 1. The van der Waals surface area contributed by atoms with E-state index in [0.717, 1.165) is 17.3 Å². The van der Waals surface area contributed by atoms with Gasteiger partial charge in [0.1, 0.15) is 11.5 Å². The Hall–Kier alpha value is -2.23. The standard InChI is InChI=1S/C18H20N2O2.C6H12.C2H6/c1-10-5-7-14(8-6-10)9-20-13(4)19-15-11(2)17(21)12(3)18(22)16(15)20;1-6-4-2-3-5-6;1-2/h5-8,11-12H,9H2,1-4H3;6H,2-5H2,1H3;1-2H3. The summed E-state index contributed by atoms with van der Waals surface area (Å²) in [7, 11) is 0.